The minimum atomic E-state index is -0.250. The average Bonchev–Trinajstić information content (AvgIpc) is 1.46. The Hall–Kier alpha value is -0.650. The van der Waals surface area contributed by atoms with Crippen LogP contribution in [0.4, 0.5) is 0 Å². The van der Waals surface area contributed by atoms with Crippen LogP contribution in [-0.4, -0.2) is 11.6 Å². The van der Waals surface area contributed by atoms with Crippen LogP contribution in [0, 0.1) is 0 Å². The lowest BCUT2D eigenvalue weighted by Gasteiger charge is -1.34. The zero-order valence-electron chi connectivity index (χ0n) is 3.29. The van der Waals surface area contributed by atoms with Gasteiger partial charge in [0.05, 0.1) is 0 Å². The third-order valence-electron chi connectivity index (χ3n) is 0. The highest BCUT2D eigenvalue weighted by Crippen LogP contribution is 0.966. The van der Waals surface area contributed by atoms with Crippen LogP contribution < -0.4 is 17.8 Å². The molecule has 0 radical (unpaired) electrons. The molecule has 0 heterocycles. The van der Waals surface area contributed by atoms with E-state index in [0.717, 1.165) is 0 Å². The van der Waals surface area contributed by atoms with Gasteiger partial charge in [-0.3, -0.25) is 16.5 Å². The molecule has 0 aromatic carbocycles. The maximum Gasteiger partial charge on any atom is 0.290 e. The molecule has 6 heavy (non-hydrogen) atoms. The van der Waals surface area contributed by atoms with Gasteiger partial charge in [-0.25, -0.2) is 0 Å². The van der Waals surface area contributed by atoms with Crippen molar-refractivity contribution in [2.45, 2.75) is 0 Å². The normalized spacial score (nSPS) is 3.00. The monoisotopic (exact) mass is 95.1 g/mol. The Kier molecular flexibility index (Phi) is 1220. The van der Waals surface area contributed by atoms with E-state index in [9.17, 15) is 0 Å². The predicted molar refractivity (Wildman–Crippen MR) is 22.1 cm³/mol. The van der Waals surface area contributed by atoms with E-state index in [1.165, 1.54) is 0 Å². The van der Waals surface area contributed by atoms with Gasteiger partial charge in [0.1, 0.15) is 0 Å². The largest absolute Gasteiger partial charge is 0.483 e. The van der Waals surface area contributed by atoms with E-state index in [1.54, 1.807) is 0 Å². The number of carbonyl (C=O) groups is 1. The lowest BCUT2D eigenvalue weighted by molar-refractivity contribution is -0.122. The summed E-state index contributed by atoms with van der Waals surface area (Å²) in [5, 5.41) is 6.89. The molecule has 0 aliphatic heterocycles. The third-order valence-corrected chi connectivity index (χ3v) is 0. The number of hydrogen-bond donors (Lipinski definition) is 4. The molecule has 0 fully saturated rings. The Morgan fingerprint density at radius 3 is 1.50 bits per heavy atom. The summed E-state index contributed by atoms with van der Waals surface area (Å²) < 4.78 is 0. The topological polar surface area (TPSA) is 124 Å². The van der Waals surface area contributed by atoms with Gasteiger partial charge in [0.15, 0.2) is 0 Å². The summed E-state index contributed by atoms with van der Waals surface area (Å²) in [6.45, 7) is -0.250. The molecular formula is CH9N3O2. The van der Waals surface area contributed by atoms with Crippen molar-refractivity contribution >= 4 is 6.47 Å². The lowest BCUT2D eigenvalue weighted by Crippen LogP contribution is -2.02. The molecule has 0 amide bonds. The second-order valence-corrected chi connectivity index (χ2v) is 0.105. The smallest absolute Gasteiger partial charge is 0.290 e. The highest BCUT2D eigenvalue weighted by molar-refractivity contribution is 5.32. The molecule has 0 spiro atoms. The number of rotatable bonds is 0. The average molecular weight is 95.1 g/mol. The van der Waals surface area contributed by atoms with Crippen LogP contribution in [0.1, 0.15) is 0 Å². The predicted octanol–water partition coefficient (Wildman–Crippen LogP) is -1.32. The summed E-state index contributed by atoms with van der Waals surface area (Å²) in [6.07, 6.45) is 0. The van der Waals surface area contributed by atoms with Crippen molar-refractivity contribution < 1.29 is 9.90 Å². The maximum atomic E-state index is 8.36. The minimum Gasteiger partial charge on any atom is -0.483 e. The molecule has 0 saturated carbocycles. The third kappa shape index (κ3) is 43.8. The van der Waals surface area contributed by atoms with Gasteiger partial charge in [-0.2, -0.15) is 0 Å². The first-order valence-corrected chi connectivity index (χ1v) is 0.827. The number of hydrazine groups is 1. The van der Waals surface area contributed by atoms with E-state index in [-0.39, 0.29) is 12.6 Å². The van der Waals surface area contributed by atoms with E-state index in [1.807, 2.05) is 0 Å². The molecule has 0 bridgehead atoms. The Morgan fingerprint density at radius 2 is 1.50 bits per heavy atom. The van der Waals surface area contributed by atoms with Crippen LogP contribution in [0.15, 0.2) is 0 Å². The first kappa shape index (κ1) is 18.3. The standard InChI is InChI=1S/CH2O2.H4N2.H3N/c2-1-3;1-2;/h1H,(H,2,3);1-2H2;1H3. The fraction of sp³-hybridized carbons (Fsp3) is 0. The Labute approximate surface area is 35.5 Å². The van der Waals surface area contributed by atoms with E-state index in [2.05, 4.69) is 11.7 Å². The fourth-order valence-corrected chi connectivity index (χ4v) is 0. The van der Waals surface area contributed by atoms with Gasteiger partial charge in [0.25, 0.3) is 6.47 Å². The molecule has 0 aromatic heterocycles. The van der Waals surface area contributed by atoms with Crippen molar-refractivity contribution in [1.29, 1.82) is 0 Å². The summed E-state index contributed by atoms with van der Waals surface area (Å²) >= 11 is 0. The van der Waals surface area contributed by atoms with E-state index >= 15 is 0 Å². The molecule has 0 aromatic rings. The van der Waals surface area contributed by atoms with Crippen molar-refractivity contribution in [1.82, 2.24) is 6.15 Å². The SMILES string of the molecule is N.NN.O=CO. The van der Waals surface area contributed by atoms with Gasteiger partial charge in [0, 0.05) is 0 Å². The van der Waals surface area contributed by atoms with Crippen LogP contribution in [0.25, 0.3) is 0 Å². The Bertz CT molecular complexity index is 16.3. The number of nitrogens with two attached hydrogens (primary N) is 2. The van der Waals surface area contributed by atoms with Crippen LogP contribution in [0.3, 0.4) is 0 Å². The number of hydrogen-bond acceptors (Lipinski definition) is 4. The molecule has 0 aliphatic rings. The summed E-state index contributed by atoms with van der Waals surface area (Å²) in [5.41, 5.74) is 0. The van der Waals surface area contributed by atoms with Crippen molar-refractivity contribution in [3.8, 4) is 0 Å². The first-order valence-electron chi connectivity index (χ1n) is 0.827. The zero-order chi connectivity index (χ0) is 4.71. The first-order chi connectivity index (χ1) is 2.41. The zero-order valence-corrected chi connectivity index (χ0v) is 3.29. The Morgan fingerprint density at radius 1 is 1.50 bits per heavy atom. The van der Waals surface area contributed by atoms with Crippen molar-refractivity contribution in [2.75, 3.05) is 0 Å². The summed E-state index contributed by atoms with van der Waals surface area (Å²) in [4.78, 5) is 8.36. The molecule has 8 N–H and O–H groups in total. The van der Waals surface area contributed by atoms with Gasteiger partial charge < -0.3 is 11.3 Å². The van der Waals surface area contributed by atoms with Gasteiger partial charge in [0.2, 0.25) is 0 Å². The molecule has 5 nitrogen and oxygen atoms in total. The second-order valence-electron chi connectivity index (χ2n) is 0.105. The van der Waals surface area contributed by atoms with Crippen LogP contribution in [0.2, 0.25) is 0 Å². The highest BCUT2D eigenvalue weighted by Gasteiger charge is 1.22. The Balaban J connectivity index is -0.0000000275. The molecular weight excluding hydrogens is 86.0 g/mol. The molecule has 0 saturated heterocycles. The lowest BCUT2D eigenvalue weighted by atomic mass is 11.7. The molecule has 0 rings (SSSR count). The summed E-state index contributed by atoms with van der Waals surface area (Å²) in [6, 6.07) is 0. The van der Waals surface area contributed by atoms with Crippen LogP contribution in [0.5, 0.6) is 0 Å². The van der Waals surface area contributed by atoms with Crippen LogP contribution in [-0.2, 0) is 4.79 Å². The molecule has 40 valence electrons. The van der Waals surface area contributed by atoms with Crippen LogP contribution >= 0.6 is 0 Å². The highest BCUT2D eigenvalue weighted by atomic mass is 16.3. The van der Waals surface area contributed by atoms with Crippen molar-refractivity contribution in [2.24, 2.45) is 11.7 Å². The summed E-state index contributed by atoms with van der Waals surface area (Å²) in [5.74, 6) is 8.00. The molecule has 0 unspecified atom stereocenters. The van der Waals surface area contributed by atoms with Gasteiger partial charge in [-0.1, -0.05) is 0 Å². The maximum absolute atomic E-state index is 8.36. The second kappa shape index (κ2) is 399. The molecule has 0 aliphatic carbocycles. The fourth-order valence-electron chi connectivity index (χ4n) is 0. The summed E-state index contributed by atoms with van der Waals surface area (Å²) in [7, 11) is 0. The minimum absolute atomic E-state index is 0. The van der Waals surface area contributed by atoms with Crippen molar-refractivity contribution in [3.05, 3.63) is 0 Å². The molecule has 0 atom stereocenters. The van der Waals surface area contributed by atoms with E-state index < -0.39 is 0 Å². The van der Waals surface area contributed by atoms with E-state index in [4.69, 9.17) is 9.90 Å². The van der Waals surface area contributed by atoms with Gasteiger partial charge >= 0.3 is 0 Å². The number of carboxylic acid groups (broad SMARTS) is 1. The van der Waals surface area contributed by atoms with E-state index in [0.29, 0.717) is 0 Å². The van der Waals surface area contributed by atoms with Gasteiger partial charge in [-0.05, 0) is 0 Å². The van der Waals surface area contributed by atoms with Crippen molar-refractivity contribution in [3.63, 3.8) is 0 Å². The quantitative estimate of drug-likeness (QED) is 0.169. The van der Waals surface area contributed by atoms with Gasteiger partial charge in [-0.15, -0.1) is 0 Å². The molecule has 5 heteroatoms.